The highest BCUT2D eigenvalue weighted by Gasteiger charge is 2.38. The minimum atomic E-state index is -1.02. The van der Waals surface area contributed by atoms with Crippen molar-refractivity contribution in [1.29, 1.82) is 0 Å². The van der Waals surface area contributed by atoms with E-state index < -0.39 is 6.09 Å². The number of hydrogen-bond acceptors (Lipinski definition) is 3. The van der Waals surface area contributed by atoms with Gasteiger partial charge in [-0.2, -0.15) is 0 Å². The van der Waals surface area contributed by atoms with E-state index in [1.807, 2.05) is 0 Å². The Balaban J connectivity index is 2.10. The highest BCUT2D eigenvalue weighted by atomic mass is 16.4. The van der Waals surface area contributed by atoms with Crippen molar-refractivity contribution < 1.29 is 19.5 Å². The first-order valence-corrected chi connectivity index (χ1v) is 7.33. The number of benzene rings is 1. The Hall–Kier alpha value is -2.43. The Bertz CT molecular complexity index is 666. The van der Waals surface area contributed by atoms with E-state index in [4.69, 9.17) is 0 Å². The average Bonchev–Trinajstić information content (AvgIpc) is 2.60. The lowest BCUT2D eigenvalue weighted by Crippen LogP contribution is -2.43. The third-order valence-electron chi connectivity index (χ3n) is 4.50. The number of Topliss-reactive ketones (excluding diaryl/α,β-unsaturated/α-hetero) is 2. The van der Waals surface area contributed by atoms with E-state index in [1.165, 1.54) is 4.90 Å². The first kappa shape index (κ1) is 14.5. The molecule has 0 unspecified atom stereocenters. The first-order chi connectivity index (χ1) is 10.4. The van der Waals surface area contributed by atoms with Crippen LogP contribution < -0.4 is 0 Å². The lowest BCUT2D eigenvalue weighted by Gasteiger charge is -2.29. The zero-order chi connectivity index (χ0) is 16.0. The molecule has 0 saturated heterocycles. The number of hydrogen-bond donors (Lipinski definition) is 1. The zero-order valence-corrected chi connectivity index (χ0v) is 12.5. The van der Waals surface area contributed by atoms with Gasteiger partial charge in [-0.1, -0.05) is 24.3 Å². The maximum absolute atomic E-state index is 12.7. The van der Waals surface area contributed by atoms with Crippen molar-refractivity contribution in [1.82, 2.24) is 4.90 Å². The molecule has 1 aromatic carbocycles. The molecule has 2 aliphatic rings. The second-order valence-corrected chi connectivity index (χ2v) is 5.96. The Morgan fingerprint density at radius 1 is 1.00 bits per heavy atom. The molecular weight excluding hydrogens is 282 g/mol. The van der Waals surface area contributed by atoms with Gasteiger partial charge in [0.25, 0.3) is 0 Å². The molecule has 0 fully saturated rings. The Morgan fingerprint density at radius 2 is 1.41 bits per heavy atom. The van der Waals surface area contributed by atoms with E-state index in [9.17, 15) is 19.5 Å². The van der Waals surface area contributed by atoms with E-state index in [0.717, 1.165) is 0 Å². The molecular formula is C17H17NO4. The lowest BCUT2D eigenvalue weighted by atomic mass is 9.81. The van der Waals surface area contributed by atoms with Gasteiger partial charge >= 0.3 is 6.09 Å². The summed E-state index contributed by atoms with van der Waals surface area (Å²) >= 11 is 0. The minimum Gasteiger partial charge on any atom is -0.465 e. The molecule has 1 amide bonds. The third-order valence-corrected chi connectivity index (χ3v) is 4.50. The summed E-state index contributed by atoms with van der Waals surface area (Å²) < 4.78 is 0. The molecule has 0 aromatic heterocycles. The van der Waals surface area contributed by atoms with Crippen molar-refractivity contribution >= 4 is 17.7 Å². The van der Waals surface area contributed by atoms with E-state index in [1.54, 1.807) is 38.1 Å². The summed E-state index contributed by atoms with van der Waals surface area (Å²) in [6.45, 7) is 3.55. The van der Waals surface area contributed by atoms with Crippen LogP contribution in [0.4, 0.5) is 4.79 Å². The molecule has 5 nitrogen and oxygen atoms in total. The Morgan fingerprint density at radius 3 is 1.77 bits per heavy atom. The van der Waals surface area contributed by atoms with Crippen LogP contribution >= 0.6 is 0 Å². The van der Waals surface area contributed by atoms with E-state index in [-0.39, 0.29) is 36.5 Å². The minimum absolute atomic E-state index is 0.142. The number of carbonyl (C=O) groups is 3. The predicted octanol–water partition coefficient (Wildman–Crippen LogP) is 2.91. The number of amides is 1. The largest absolute Gasteiger partial charge is 0.465 e. The summed E-state index contributed by atoms with van der Waals surface area (Å²) in [5.41, 5.74) is 1.81. The van der Waals surface area contributed by atoms with Crippen LogP contribution in [-0.2, 0) is 0 Å². The second kappa shape index (κ2) is 5.09. The molecule has 0 bridgehead atoms. The topological polar surface area (TPSA) is 74.7 Å². The van der Waals surface area contributed by atoms with Gasteiger partial charge in [-0.15, -0.1) is 0 Å². The zero-order valence-electron chi connectivity index (χ0n) is 12.5. The number of rotatable bonds is 0. The molecule has 0 saturated carbocycles. The van der Waals surface area contributed by atoms with Crippen LogP contribution in [0.2, 0.25) is 0 Å². The van der Waals surface area contributed by atoms with Crippen LogP contribution in [0.15, 0.2) is 35.4 Å². The first-order valence-electron chi connectivity index (χ1n) is 7.33. The van der Waals surface area contributed by atoms with Gasteiger partial charge < -0.3 is 10.0 Å². The van der Waals surface area contributed by atoms with Crippen LogP contribution in [0.1, 0.15) is 47.4 Å². The molecule has 22 heavy (non-hydrogen) atoms. The predicted molar refractivity (Wildman–Crippen MR) is 80.2 cm³/mol. The van der Waals surface area contributed by atoms with Crippen molar-refractivity contribution in [3.63, 3.8) is 0 Å². The normalized spacial score (nSPS) is 24.7. The average molecular weight is 299 g/mol. The number of nitrogens with zero attached hydrogens (tertiary/aromatic N) is 1. The summed E-state index contributed by atoms with van der Waals surface area (Å²) in [6, 6.07) is 6.13. The smallest absolute Gasteiger partial charge is 0.407 e. The van der Waals surface area contributed by atoms with Crippen LogP contribution in [0.3, 0.4) is 0 Å². The molecule has 1 aromatic rings. The SMILES string of the molecule is C[C@@H]1CC2=C(C[C@H](C)N1C(=O)O)C(=O)c1ccccc1C2=O. The molecule has 114 valence electrons. The molecule has 2 atom stereocenters. The van der Waals surface area contributed by atoms with Crippen molar-refractivity contribution in [3.8, 4) is 0 Å². The van der Waals surface area contributed by atoms with Gasteiger partial charge in [0.15, 0.2) is 11.6 Å². The van der Waals surface area contributed by atoms with Crippen LogP contribution in [0.25, 0.3) is 0 Å². The maximum atomic E-state index is 12.7. The molecule has 3 rings (SSSR count). The summed E-state index contributed by atoms with van der Waals surface area (Å²) in [7, 11) is 0. The van der Waals surface area contributed by atoms with Crippen LogP contribution in [0, 0.1) is 0 Å². The second-order valence-electron chi connectivity index (χ2n) is 5.96. The number of fused-ring (bicyclic) bond motifs is 1. The van der Waals surface area contributed by atoms with Gasteiger partial charge in [-0.3, -0.25) is 9.59 Å². The van der Waals surface area contributed by atoms with Gasteiger partial charge in [-0.25, -0.2) is 4.79 Å². The molecule has 1 aliphatic heterocycles. The van der Waals surface area contributed by atoms with E-state index in [0.29, 0.717) is 22.3 Å². The van der Waals surface area contributed by atoms with Gasteiger partial charge in [-0.05, 0) is 26.7 Å². The molecule has 5 heteroatoms. The molecule has 1 heterocycles. The molecule has 1 aliphatic carbocycles. The van der Waals surface area contributed by atoms with Gasteiger partial charge in [0.2, 0.25) is 0 Å². The van der Waals surface area contributed by atoms with Crippen LogP contribution in [-0.4, -0.2) is 39.7 Å². The van der Waals surface area contributed by atoms with Gasteiger partial charge in [0.05, 0.1) is 0 Å². The van der Waals surface area contributed by atoms with Crippen molar-refractivity contribution in [2.75, 3.05) is 0 Å². The van der Waals surface area contributed by atoms with Crippen molar-refractivity contribution in [2.24, 2.45) is 0 Å². The van der Waals surface area contributed by atoms with Crippen molar-refractivity contribution in [2.45, 2.75) is 38.8 Å². The monoisotopic (exact) mass is 299 g/mol. The third kappa shape index (κ3) is 2.04. The van der Waals surface area contributed by atoms with E-state index >= 15 is 0 Å². The Kier molecular flexibility index (Phi) is 3.35. The van der Waals surface area contributed by atoms with Gasteiger partial charge in [0, 0.05) is 34.4 Å². The number of ketones is 2. The maximum Gasteiger partial charge on any atom is 0.407 e. The molecule has 0 radical (unpaired) electrons. The van der Waals surface area contributed by atoms with E-state index in [2.05, 4.69) is 0 Å². The fourth-order valence-electron chi connectivity index (χ4n) is 3.51. The van der Waals surface area contributed by atoms with Gasteiger partial charge in [0.1, 0.15) is 0 Å². The van der Waals surface area contributed by atoms with Crippen LogP contribution in [0.5, 0.6) is 0 Å². The number of carbonyl (C=O) groups excluding carboxylic acids is 2. The standard InChI is InChI=1S/C17H17NO4/c1-9-7-13-14(8-10(2)18(9)17(21)22)16(20)12-6-4-3-5-11(12)15(13)19/h3-6,9-10H,7-8H2,1-2H3,(H,21,22)/t9-,10+. The van der Waals surface area contributed by atoms with Crippen molar-refractivity contribution in [3.05, 3.63) is 46.5 Å². The fourth-order valence-corrected chi connectivity index (χ4v) is 3.51. The highest BCUT2D eigenvalue weighted by molar-refractivity contribution is 6.27. The lowest BCUT2D eigenvalue weighted by molar-refractivity contribution is 0.0969. The fraction of sp³-hybridized carbons (Fsp3) is 0.353. The quantitative estimate of drug-likeness (QED) is 0.799. The summed E-state index contributed by atoms with van der Waals surface area (Å²) in [5, 5.41) is 9.38. The number of carboxylic acid groups (broad SMARTS) is 1. The summed E-state index contributed by atoms with van der Waals surface area (Å²) in [5.74, 6) is -0.284. The summed E-state index contributed by atoms with van der Waals surface area (Å²) in [6.07, 6.45) is -0.451. The molecule has 1 N–H and O–H groups in total. The molecule has 0 spiro atoms. The Labute approximate surface area is 128 Å². The highest BCUT2D eigenvalue weighted by Crippen LogP contribution is 2.35. The summed E-state index contributed by atoms with van der Waals surface area (Å²) in [4.78, 5) is 38.2.